The van der Waals surface area contributed by atoms with Gasteiger partial charge in [-0.2, -0.15) is 0 Å². The van der Waals surface area contributed by atoms with Crippen LogP contribution in [0.1, 0.15) is 38.1 Å². The molecule has 17 heavy (non-hydrogen) atoms. The van der Waals surface area contributed by atoms with Crippen LogP contribution in [0.2, 0.25) is 0 Å². The van der Waals surface area contributed by atoms with E-state index in [1.807, 2.05) is 11.3 Å². The fraction of sp³-hybridized carbons (Fsp3) is 0.692. The van der Waals surface area contributed by atoms with Crippen molar-refractivity contribution in [1.82, 2.24) is 10.2 Å². The van der Waals surface area contributed by atoms with E-state index in [1.165, 1.54) is 22.3 Å². The monoisotopic (exact) mass is 318 g/mol. The average molecular weight is 319 g/mol. The molecule has 0 aliphatic rings. The van der Waals surface area contributed by atoms with Crippen molar-refractivity contribution in [3.05, 3.63) is 20.8 Å². The molecule has 0 fully saturated rings. The molecule has 0 amide bonds. The van der Waals surface area contributed by atoms with E-state index in [0.717, 1.165) is 19.6 Å². The number of nitrogens with one attached hydrogen (secondary N) is 1. The number of hydrogen-bond donors (Lipinski definition) is 1. The van der Waals surface area contributed by atoms with Crippen molar-refractivity contribution in [2.24, 2.45) is 0 Å². The summed E-state index contributed by atoms with van der Waals surface area (Å²) in [5.74, 6) is 0. The maximum Gasteiger partial charge on any atom is 0.0397 e. The molecule has 0 radical (unpaired) electrons. The Hall–Kier alpha value is 0.100. The summed E-state index contributed by atoms with van der Waals surface area (Å²) in [4.78, 5) is 3.86. The van der Waals surface area contributed by atoms with Gasteiger partial charge in [0.25, 0.3) is 0 Å². The van der Waals surface area contributed by atoms with Crippen LogP contribution in [-0.4, -0.2) is 31.1 Å². The molecule has 0 bridgehead atoms. The maximum atomic E-state index is 3.58. The Labute approximate surface area is 118 Å². The molecule has 2 nitrogen and oxygen atoms in total. The predicted molar refractivity (Wildman–Crippen MR) is 80.8 cm³/mol. The SMILES string of the molecule is CCN(CC)CCCNC(C)c1sccc1Br. The van der Waals surface area contributed by atoms with E-state index in [9.17, 15) is 0 Å². The zero-order valence-corrected chi connectivity index (χ0v) is 13.4. The largest absolute Gasteiger partial charge is 0.309 e. The summed E-state index contributed by atoms with van der Waals surface area (Å²) in [7, 11) is 0. The van der Waals surface area contributed by atoms with E-state index in [1.54, 1.807) is 0 Å². The summed E-state index contributed by atoms with van der Waals surface area (Å²) in [6, 6.07) is 2.56. The van der Waals surface area contributed by atoms with Crippen LogP contribution >= 0.6 is 27.3 Å². The van der Waals surface area contributed by atoms with Crippen LogP contribution in [0.5, 0.6) is 0 Å². The molecule has 1 aromatic heterocycles. The van der Waals surface area contributed by atoms with Crippen LogP contribution in [-0.2, 0) is 0 Å². The summed E-state index contributed by atoms with van der Waals surface area (Å²) in [6.45, 7) is 11.3. The molecule has 1 heterocycles. The van der Waals surface area contributed by atoms with Gasteiger partial charge < -0.3 is 10.2 Å². The first-order valence-electron chi connectivity index (χ1n) is 6.37. The molecule has 0 spiro atoms. The zero-order valence-electron chi connectivity index (χ0n) is 11.0. The van der Waals surface area contributed by atoms with Gasteiger partial charge in [-0.3, -0.25) is 0 Å². The van der Waals surface area contributed by atoms with Gasteiger partial charge in [-0.15, -0.1) is 11.3 Å². The van der Waals surface area contributed by atoms with Gasteiger partial charge in [0.15, 0.2) is 0 Å². The second-order valence-corrected chi connectivity index (χ2v) is 5.99. The predicted octanol–water partition coefficient (Wildman–Crippen LogP) is 3.89. The van der Waals surface area contributed by atoms with Gasteiger partial charge in [-0.25, -0.2) is 0 Å². The second-order valence-electron chi connectivity index (χ2n) is 4.19. The first kappa shape index (κ1) is 15.2. The van der Waals surface area contributed by atoms with E-state index >= 15 is 0 Å². The lowest BCUT2D eigenvalue weighted by Crippen LogP contribution is -2.28. The highest BCUT2D eigenvalue weighted by Crippen LogP contribution is 2.28. The van der Waals surface area contributed by atoms with Crippen LogP contribution < -0.4 is 5.32 Å². The zero-order chi connectivity index (χ0) is 12.7. The topological polar surface area (TPSA) is 15.3 Å². The molecule has 0 aromatic carbocycles. The molecule has 0 saturated heterocycles. The Morgan fingerprint density at radius 1 is 1.41 bits per heavy atom. The van der Waals surface area contributed by atoms with E-state index in [2.05, 4.69) is 58.4 Å². The molecular weight excluding hydrogens is 296 g/mol. The van der Waals surface area contributed by atoms with Crippen LogP contribution in [0.25, 0.3) is 0 Å². The Morgan fingerprint density at radius 2 is 2.12 bits per heavy atom. The molecular formula is C13H23BrN2S. The van der Waals surface area contributed by atoms with Crippen molar-refractivity contribution in [3.8, 4) is 0 Å². The van der Waals surface area contributed by atoms with Gasteiger partial charge in [0.1, 0.15) is 0 Å². The molecule has 1 unspecified atom stereocenters. The lowest BCUT2D eigenvalue weighted by Gasteiger charge is -2.19. The highest BCUT2D eigenvalue weighted by Gasteiger charge is 2.09. The van der Waals surface area contributed by atoms with Crippen LogP contribution in [0.15, 0.2) is 15.9 Å². The third kappa shape index (κ3) is 5.08. The lowest BCUT2D eigenvalue weighted by molar-refractivity contribution is 0.296. The molecule has 98 valence electrons. The average Bonchev–Trinajstić information content (AvgIpc) is 2.75. The van der Waals surface area contributed by atoms with Gasteiger partial charge in [0.05, 0.1) is 0 Å². The van der Waals surface area contributed by atoms with Gasteiger partial charge in [-0.1, -0.05) is 13.8 Å². The van der Waals surface area contributed by atoms with Crippen molar-refractivity contribution in [2.45, 2.75) is 33.2 Å². The van der Waals surface area contributed by atoms with Gasteiger partial charge in [-0.05, 0) is 66.9 Å². The molecule has 0 aliphatic heterocycles. The van der Waals surface area contributed by atoms with E-state index < -0.39 is 0 Å². The van der Waals surface area contributed by atoms with Crippen molar-refractivity contribution in [1.29, 1.82) is 0 Å². The number of halogens is 1. The van der Waals surface area contributed by atoms with Gasteiger partial charge in [0, 0.05) is 15.4 Å². The second kappa shape index (κ2) is 8.25. The molecule has 1 atom stereocenters. The van der Waals surface area contributed by atoms with Gasteiger partial charge >= 0.3 is 0 Å². The minimum Gasteiger partial charge on any atom is -0.309 e. The first-order chi connectivity index (χ1) is 8.19. The van der Waals surface area contributed by atoms with Crippen molar-refractivity contribution in [3.63, 3.8) is 0 Å². The minimum atomic E-state index is 0.445. The Morgan fingerprint density at radius 3 is 2.65 bits per heavy atom. The smallest absolute Gasteiger partial charge is 0.0397 e. The Kier molecular flexibility index (Phi) is 7.35. The van der Waals surface area contributed by atoms with E-state index in [-0.39, 0.29) is 0 Å². The number of thiophene rings is 1. The fourth-order valence-electron chi connectivity index (χ4n) is 1.87. The normalized spacial score (nSPS) is 13.2. The highest BCUT2D eigenvalue weighted by atomic mass is 79.9. The first-order valence-corrected chi connectivity index (χ1v) is 8.04. The number of rotatable bonds is 8. The summed E-state index contributed by atoms with van der Waals surface area (Å²) in [5, 5.41) is 5.72. The van der Waals surface area contributed by atoms with E-state index in [4.69, 9.17) is 0 Å². The molecule has 4 heteroatoms. The molecule has 1 aromatic rings. The van der Waals surface area contributed by atoms with E-state index in [0.29, 0.717) is 6.04 Å². The molecule has 0 saturated carbocycles. The maximum absolute atomic E-state index is 3.58. The Balaban J connectivity index is 2.21. The quantitative estimate of drug-likeness (QED) is 0.731. The molecule has 1 rings (SSSR count). The highest BCUT2D eigenvalue weighted by molar-refractivity contribution is 9.10. The summed E-state index contributed by atoms with van der Waals surface area (Å²) < 4.78 is 1.23. The lowest BCUT2D eigenvalue weighted by atomic mass is 10.2. The van der Waals surface area contributed by atoms with Crippen LogP contribution in [0.3, 0.4) is 0 Å². The Bertz CT molecular complexity index is 310. The fourth-order valence-corrected chi connectivity index (χ4v) is 3.62. The van der Waals surface area contributed by atoms with Crippen molar-refractivity contribution < 1.29 is 0 Å². The summed E-state index contributed by atoms with van der Waals surface area (Å²) in [5.41, 5.74) is 0. The summed E-state index contributed by atoms with van der Waals surface area (Å²) in [6.07, 6.45) is 1.22. The van der Waals surface area contributed by atoms with Crippen LogP contribution in [0.4, 0.5) is 0 Å². The number of hydrogen-bond acceptors (Lipinski definition) is 3. The summed E-state index contributed by atoms with van der Waals surface area (Å²) >= 11 is 5.39. The third-order valence-corrected chi connectivity index (χ3v) is 5.09. The number of nitrogens with zero attached hydrogens (tertiary/aromatic N) is 1. The molecule has 1 N–H and O–H groups in total. The van der Waals surface area contributed by atoms with Crippen molar-refractivity contribution >= 4 is 27.3 Å². The standard InChI is InChI=1S/C13H23BrN2S/c1-4-16(5-2)9-6-8-15-11(3)13-12(14)7-10-17-13/h7,10-11,15H,4-6,8-9H2,1-3H3. The van der Waals surface area contributed by atoms with Gasteiger partial charge in [0.2, 0.25) is 0 Å². The minimum absolute atomic E-state index is 0.445. The van der Waals surface area contributed by atoms with Crippen molar-refractivity contribution in [2.75, 3.05) is 26.2 Å². The van der Waals surface area contributed by atoms with Crippen LogP contribution in [0, 0.1) is 0 Å². The molecule has 0 aliphatic carbocycles. The third-order valence-electron chi connectivity index (χ3n) is 3.03.